The molecule has 0 amide bonds. The highest BCUT2D eigenvalue weighted by Gasteiger charge is 2.28. The molecule has 0 unspecified atom stereocenters. The van der Waals surface area contributed by atoms with E-state index >= 15 is 0 Å². The molecule has 4 aromatic rings. The number of nitrogens with one attached hydrogen (secondary N) is 1. The topological polar surface area (TPSA) is 106 Å². The fraction of sp³-hybridized carbons (Fsp3) is 0.407. The number of nitrogens with zero attached hydrogens (tertiary/aromatic N) is 6. The molecule has 4 bridgehead atoms. The van der Waals surface area contributed by atoms with Crippen molar-refractivity contribution in [1.29, 1.82) is 0 Å². The van der Waals surface area contributed by atoms with E-state index in [1.54, 1.807) is 10.9 Å². The first-order valence-corrected chi connectivity index (χ1v) is 14.6. The Bertz CT molecular complexity index is 1610. The van der Waals surface area contributed by atoms with E-state index in [1.165, 1.54) is 11.8 Å². The van der Waals surface area contributed by atoms with Crippen LogP contribution in [0.1, 0.15) is 50.6 Å². The summed E-state index contributed by atoms with van der Waals surface area (Å²) in [6.07, 6.45) is 4.92. The maximum absolute atomic E-state index is 11.8. The Balaban J connectivity index is 1.63. The lowest BCUT2D eigenvalue weighted by Crippen LogP contribution is -2.29. The smallest absolute Gasteiger partial charge is 0.252 e. The quantitative estimate of drug-likeness (QED) is 0.312. The van der Waals surface area contributed by atoms with Gasteiger partial charge in [-0.2, -0.15) is 10.1 Å². The van der Waals surface area contributed by atoms with Gasteiger partial charge in [0.15, 0.2) is 0 Å². The molecule has 0 aliphatic carbocycles. The van der Waals surface area contributed by atoms with Crippen LogP contribution in [0, 0.1) is 19.8 Å². The summed E-state index contributed by atoms with van der Waals surface area (Å²) in [6.45, 7) is 12.3. The standard InChI is InChI=1S/C27H33N7O2S/c1-15(2)20-8-9-23(30-17(4)16(3)14-37(7,35)36)22-13-29-25(12-21(20)22)33-24-10-11-28-27(31-24)34-19(6)26(33)18(5)32-34/h8-13,15-17,30H,14H2,1-7H3/t16-,17-/m1/s1. The Labute approximate surface area is 217 Å². The first kappa shape index (κ1) is 25.1. The highest BCUT2D eigenvalue weighted by atomic mass is 32.2. The summed E-state index contributed by atoms with van der Waals surface area (Å²) in [4.78, 5) is 16.1. The van der Waals surface area contributed by atoms with E-state index < -0.39 is 9.84 Å². The molecule has 0 fully saturated rings. The molecule has 0 spiro atoms. The number of anilines is 4. The van der Waals surface area contributed by atoms with E-state index in [1.807, 2.05) is 44.9 Å². The van der Waals surface area contributed by atoms with Crippen molar-refractivity contribution in [3.05, 3.63) is 53.6 Å². The maximum Gasteiger partial charge on any atom is 0.252 e. The van der Waals surface area contributed by atoms with Crippen LogP contribution in [0.2, 0.25) is 0 Å². The van der Waals surface area contributed by atoms with E-state index in [0.717, 1.165) is 45.2 Å². The highest BCUT2D eigenvalue weighted by molar-refractivity contribution is 7.90. The molecule has 5 rings (SSSR count). The van der Waals surface area contributed by atoms with Crippen LogP contribution in [0.25, 0.3) is 16.7 Å². The van der Waals surface area contributed by atoms with Gasteiger partial charge in [-0.25, -0.2) is 23.1 Å². The maximum atomic E-state index is 11.8. The molecule has 0 saturated carbocycles. The van der Waals surface area contributed by atoms with Gasteiger partial charge in [0.05, 0.1) is 22.8 Å². The molecule has 10 heteroatoms. The van der Waals surface area contributed by atoms with Crippen LogP contribution in [-0.2, 0) is 9.84 Å². The minimum absolute atomic E-state index is 0.0383. The second kappa shape index (κ2) is 9.09. The number of hydrogen-bond acceptors (Lipinski definition) is 8. The minimum Gasteiger partial charge on any atom is -0.382 e. The summed E-state index contributed by atoms with van der Waals surface area (Å²) < 4.78 is 25.5. The Hall–Kier alpha value is -3.53. The van der Waals surface area contributed by atoms with Crippen molar-refractivity contribution in [2.45, 2.75) is 53.5 Å². The van der Waals surface area contributed by atoms with Gasteiger partial charge >= 0.3 is 0 Å². The normalized spacial score (nSPS) is 14.6. The van der Waals surface area contributed by atoms with Gasteiger partial charge in [-0.1, -0.05) is 26.8 Å². The number of pyridine rings is 1. The molecular formula is C27H33N7O2S. The zero-order chi connectivity index (χ0) is 26.6. The number of benzene rings is 1. The van der Waals surface area contributed by atoms with Gasteiger partial charge in [0, 0.05) is 35.8 Å². The largest absolute Gasteiger partial charge is 0.382 e. The number of hydrogen-bond donors (Lipinski definition) is 1. The average Bonchev–Trinajstić information content (AvgIpc) is 3.08. The van der Waals surface area contributed by atoms with E-state index in [2.05, 4.69) is 47.4 Å². The number of aromatic nitrogens is 5. The third kappa shape index (κ3) is 4.54. The summed E-state index contributed by atoms with van der Waals surface area (Å²) in [7, 11) is -3.06. The Morgan fingerprint density at radius 2 is 1.76 bits per heavy atom. The van der Waals surface area contributed by atoms with E-state index in [4.69, 9.17) is 9.97 Å². The van der Waals surface area contributed by atoms with Crippen molar-refractivity contribution >= 4 is 43.6 Å². The van der Waals surface area contributed by atoms with E-state index in [9.17, 15) is 8.42 Å². The molecule has 0 radical (unpaired) electrons. The summed E-state index contributed by atoms with van der Waals surface area (Å²) in [6, 6.07) is 8.18. The third-order valence-corrected chi connectivity index (χ3v) is 8.23. The highest BCUT2D eigenvalue weighted by Crippen LogP contribution is 2.41. The first-order chi connectivity index (χ1) is 17.4. The average molecular weight is 520 g/mol. The lowest BCUT2D eigenvalue weighted by atomic mass is 9.95. The molecule has 0 saturated heterocycles. The Morgan fingerprint density at radius 1 is 1.00 bits per heavy atom. The monoisotopic (exact) mass is 519 g/mol. The molecule has 194 valence electrons. The second-order valence-corrected chi connectivity index (χ2v) is 12.6. The third-order valence-electron chi connectivity index (χ3n) is 7.10. The van der Waals surface area contributed by atoms with Crippen LogP contribution in [0.4, 0.5) is 23.0 Å². The molecule has 37 heavy (non-hydrogen) atoms. The van der Waals surface area contributed by atoms with Crippen LogP contribution in [0.5, 0.6) is 0 Å². The molecule has 3 aromatic heterocycles. The van der Waals surface area contributed by atoms with Gasteiger partial charge in [0.2, 0.25) is 0 Å². The van der Waals surface area contributed by atoms with E-state index in [0.29, 0.717) is 11.9 Å². The fourth-order valence-corrected chi connectivity index (χ4v) is 6.32. The Kier molecular flexibility index (Phi) is 6.18. The second-order valence-electron chi connectivity index (χ2n) is 10.4. The van der Waals surface area contributed by atoms with Crippen molar-refractivity contribution in [3.63, 3.8) is 0 Å². The molecule has 1 aliphatic heterocycles. The summed E-state index contributed by atoms with van der Waals surface area (Å²) in [5.41, 5.74) is 4.93. The number of aryl methyl sites for hydroxylation is 1. The fourth-order valence-electron chi connectivity index (χ4n) is 5.08. The zero-order valence-electron chi connectivity index (χ0n) is 22.3. The molecule has 9 nitrogen and oxygen atoms in total. The molecule has 4 heterocycles. The van der Waals surface area contributed by atoms with Gasteiger partial charge in [-0.15, -0.1) is 0 Å². The summed E-state index contributed by atoms with van der Waals surface area (Å²) in [5, 5.41) is 10.3. The SMILES string of the molecule is Cc1nn2c(C)c1N(c1cc3c(C(C)C)ccc(N[C@H](C)[C@H](C)CS(C)(=O)=O)c3cn1)c1ccnc-2n1. The van der Waals surface area contributed by atoms with E-state index in [-0.39, 0.29) is 17.7 Å². The number of fused-ring (bicyclic) bond motifs is 6. The van der Waals surface area contributed by atoms with Gasteiger partial charge in [-0.3, -0.25) is 4.90 Å². The van der Waals surface area contributed by atoms with Gasteiger partial charge in [0.1, 0.15) is 21.5 Å². The van der Waals surface area contributed by atoms with Gasteiger partial charge < -0.3 is 5.32 Å². The number of rotatable bonds is 7. The zero-order valence-corrected chi connectivity index (χ0v) is 23.1. The van der Waals surface area contributed by atoms with Crippen molar-refractivity contribution in [3.8, 4) is 5.95 Å². The van der Waals surface area contributed by atoms with Crippen LogP contribution in [-0.4, -0.2) is 51.2 Å². The van der Waals surface area contributed by atoms with Gasteiger partial charge in [0.25, 0.3) is 5.95 Å². The molecule has 2 atom stereocenters. The summed E-state index contributed by atoms with van der Waals surface area (Å²) >= 11 is 0. The molecule has 1 aliphatic rings. The van der Waals surface area contributed by atoms with Crippen molar-refractivity contribution in [2.24, 2.45) is 5.92 Å². The van der Waals surface area contributed by atoms with Crippen molar-refractivity contribution in [2.75, 3.05) is 22.2 Å². The molecule has 1 aromatic carbocycles. The van der Waals surface area contributed by atoms with Crippen LogP contribution < -0.4 is 10.2 Å². The molecule has 1 N–H and O–H groups in total. The van der Waals surface area contributed by atoms with Crippen molar-refractivity contribution in [1.82, 2.24) is 24.7 Å². The Morgan fingerprint density at radius 3 is 2.46 bits per heavy atom. The molecular weight excluding hydrogens is 486 g/mol. The van der Waals surface area contributed by atoms with Crippen LogP contribution >= 0.6 is 0 Å². The lowest BCUT2D eigenvalue weighted by molar-refractivity contribution is 0.538. The predicted molar refractivity (Wildman–Crippen MR) is 148 cm³/mol. The van der Waals surface area contributed by atoms with Crippen LogP contribution in [0.15, 0.2) is 36.7 Å². The summed E-state index contributed by atoms with van der Waals surface area (Å²) in [5.74, 6) is 2.42. The number of sulfone groups is 1. The predicted octanol–water partition coefficient (Wildman–Crippen LogP) is 5.22. The van der Waals surface area contributed by atoms with Crippen LogP contribution in [0.3, 0.4) is 0 Å². The first-order valence-electron chi connectivity index (χ1n) is 12.5. The minimum atomic E-state index is -3.06. The lowest BCUT2D eigenvalue weighted by Gasteiger charge is -2.25. The van der Waals surface area contributed by atoms with Gasteiger partial charge in [-0.05, 0) is 61.8 Å². The van der Waals surface area contributed by atoms with Crippen molar-refractivity contribution < 1.29 is 8.42 Å².